The number of hydrogen-bond donors (Lipinski definition) is 1. The van der Waals surface area contributed by atoms with Crippen LogP contribution in [-0.4, -0.2) is 52.2 Å². The summed E-state index contributed by atoms with van der Waals surface area (Å²) in [5, 5.41) is 3.02. The summed E-state index contributed by atoms with van der Waals surface area (Å²) in [6.45, 7) is 9.28. The van der Waals surface area contributed by atoms with Crippen LogP contribution < -0.4 is 10.1 Å². The molecule has 1 saturated heterocycles. The number of rotatable bonds is 3. The number of amides is 2. The molecule has 8 heteroatoms. The molecule has 8 nitrogen and oxygen atoms in total. The molecule has 0 unspecified atom stereocenters. The van der Waals surface area contributed by atoms with Gasteiger partial charge in [0.1, 0.15) is 5.60 Å². The van der Waals surface area contributed by atoms with Crippen LogP contribution in [0.25, 0.3) is 11.3 Å². The average Bonchev–Trinajstić information content (AvgIpc) is 2.76. The molecule has 2 aliphatic rings. The molecule has 2 aliphatic heterocycles. The Labute approximate surface area is 188 Å². The number of pyridine rings is 2. The summed E-state index contributed by atoms with van der Waals surface area (Å²) in [6.07, 6.45) is 2.42. The minimum Gasteiger partial charge on any atom is -0.477 e. The van der Waals surface area contributed by atoms with Crippen LogP contribution >= 0.6 is 0 Å². The Balaban J connectivity index is 1.60. The van der Waals surface area contributed by atoms with Crippen molar-refractivity contribution < 1.29 is 19.1 Å². The summed E-state index contributed by atoms with van der Waals surface area (Å²) < 4.78 is 11.2. The van der Waals surface area contributed by atoms with E-state index < -0.39 is 11.0 Å². The van der Waals surface area contributed by atoms with E-state index in [0.29, 0.717) is 45.0 Å². The second-order valence-corrected chi connectivity index (χ2v) is 9.21. The van der Waals surface area contributed by atoms with Crippen LogP contribution in [0, 0.1) is 0 Å². The van der Waals surface area contributed by atoms with Gasteiger partial charge in [-0.3, -0.25) is 9.78 Å². The van der Waals surface area contributed by atoms with Crippen molar-refractivity contribution in [2.24, 2.45) is 0 Å². The lowest BCUT2D eigenvalue weighted by atomic mass is 9.69. The van der Waals surface area contributed by atoms with Crippen molar-refractivity contribution in [1.82, 2.24) is 20.2 Å². The maximum Gasteiger partial charge on any atom is 0.410 e. The predicted molar refractivity (Wildman–Crippen MR) is 119 cm³/mol. The van der Waals surface area contributed by atoms with Gasteiger partial charge in [0, 0.05) is 19.3 Å². The summed E-state index contributed by atoms with van der Waals surface area (Å²) in [4.78, 5) is 36.4. The molecule has 0 aliphatic carbocycles. The van der Waals surface area contributed by atoms with Crippen LogP contribution in [0.3, 0.4) is 0 Å². The minimum atomic E-state index is -0.685. The molecule has 4 heterocycles. The van der Waals surface area contributed by atoms with Crippen LogP contribution in [-0.2, 0) is 21.5 Å². The maximum absolute atomic E-state index is 13.0. The van der Waals surface area contributed by atoms with Crippen molar-refractivity contribution in [2.75, 3.05) is 19.7 Å². The highest BCUT2D eigenvalue weighted by Gasteiger charge is 2.47. The molecule has 2 aromatic rings. The minimum absolute atomic E-state index is 0.000211. The van der Waals surface area contributed by atoms with Gasteiger partial charge in [-0.05, 0) is 64.3 Å². The third-order valence-electron chi connectivity index (χ3n) is 5.94. The first kappa shape index (κ1) is 22.0. The zero-order valence-electron chi connectivity index (χ0n) is 19.1. The molecular formula is C24H30N4O4. The van der Waals surface area contributed by atoms with E-state index in [1.165, 1.54) is 0 Å². The highest BCUT2D eigenvalue weighted by Crippen LogP contribution is 2.41. The number of fused-ring (bicyclic) bond motifs is 2. The molecule has 1 spiro atoms. The molecular weight excluding hydrogens is 408 g/mol. The molecule has 32 heavy (non-hydrogen) atoms. The number of carbonyl (C=O) groups is 2. The number of nitrogens with one attached hydrogen (secondary N) is 1. The Morgan fingerprint density at radius 3 is 2.66 bits per heavy atom. The lowest BCUT2D eigenvalue weighted by Crippen LogP contribution is -2.55. The van der Waals surface area contributed by atoms with Gasteiger partial charge in [0.15, 0.2) is 0 Å². The first-order chi connectivity index (χ1) is 15.2. The maximum atomic E-state index is 13.0. The van der Waals surface area contributed by atoms with E-state index in [4.69, 9.17) is 14.5 Å². The van der Waals surface area contributed by atoms with Gasteiger partial charge in [0.2, 0.25) is 11.8 Å². The summed E-state index contributed by atoms with van der Waals surface area (Å²) in [5.41, 5.74) is 2.14. The van der Waals surface area contributed by atoms with Crippen molar-refractivity contribution in [3.05, 3.63) is 41.7 Å². The quantitative estimate of drug-likeness (QED) is 0.789. The van der Waals surface area contributed by atoms with Crippen molar-refractivity contribution in [1.29, 1.82) is 0 Å². The Hall–Kier alpha value is -3.16. The van der Waals surface area contributed by atoms with E-state index in [0.717, 1.165) is 22.5 Å². The SMILES string of the molecule is CCOc1ncccc1-c1ccc2c(n1)CNC(=O)C21CCN(C(=O)OC(C)(C)C)CC1. The fourth-order valence-corrected chi connectivity index (χ4v) is 4.41. The summed E-state index contributed by atoms with van der Waals surface area (Å²) in [5.74, 6) is 0.544. The lowest BCUT2D eigenvalue weighted by molar-refractivity contribution is -0.129. The number of aromatic nitrogens is 2. The second kappa shape index (κ2) is 8.41. The van der Waals surface area contributed by atoms with Crippen LogP contribution in [0.4, 0.5) is 4.79 Å². The fourth-order valence-electron chi connectivity index (χ4n) is 4.41. The molecule has 0 saturated carbocycles. The van der Waals surface area contributed by atoms with E-state index in [1.54, 1.807) is 11.1 Å². The third-order valence-corrected chi connectivity index (χ3v) is 5.94. The molecule has 2 amide bonds. The number of nitrogens with zero attached hydrogens (tertiary/aromatic N) is 3. The zero-order valence-corrected chi connectivity index (χ0v) is 19.1. The number of ether oxygens (including phenoxy) is 2. The Morgan fingerprint density at radius 2 is 1.97 bits per heavy atom. The van der Waals surface area contributed by atoms with Gasteiger partial charge in [0.05, 0.1) is 35.5 Å². The molecule has 0 bridgehead atoms. The van der Waals surface area contributed by atoms with Gasteiger partial charge in [-0.2, -0.15) is 0 Å². The summed E-state index contributed by atoms with van der Waals surface area (Å²) in [6, 6.07) is 7.72. The molecule has 0 aromatic carbocycles. The van der Waals surface area contributed by atoms with E-state index in [9.17, 15) is 9.59 Å². The molecule has 1 N–H and O–H groups in total. The van der Waals surface area contributed by atoms with Crippen LogP contribution in [0.15, 0.2) is 30.5 Å². The number of likely N-dealkylation sites (tertiary alicyclic amines) is 1. The van der Waals surface area contributed by atoms with Crippen LogP contribution in [0.5, 0.6) is 5.88 Å². The van der Waals surface area contributed by atoms with Crippen molar-refractivity contribution >= 4 is 12.0 Å². The average molecular weight is 439 g/mol. The van der Waals surface area contributed by atoms with E-state index in [1.807, 2.05) is 52.0 Å². The van der Waals surface area contributed by atoms with Gasteiger partial charge in [-0.15, -0.1) is 0 Å². The van der Waals surface area contributed by atoms with E-state index >= 15 is 0 Å². The number of piperidine rings is 1. The topological polar surface area (TPSA) is 93.7 Å². The highest BCUT2D eigenvalue weighted by atomic mass is 16.6. The largest absolute Gasteiger partial charge is 0.477 e. The molecule has 170 valence electrons. The standard InChI is InChI=1S/C24H30N4O4/c1-5-31-20-16(7-6-12-25-20)18-9-8-17-19(27-18)15-26-21(29)24(17)10-13-28(14-11-24)22(30)32-23(2,3)4/h6-9,12H,5,10-11,13-15H2,1-4H3,(H,26,29). The van der Waals surface area contributed by atoms with Crippen LogP contribution in [0.1, 0.15) is 51.8 Å². The van der Waals surface area contributed by atoms with Crippen molar-refractivity contribution in [3.8, 4) is 17.1 Å². The number of hydrogen-bond acceptors (Lipinski definition) is 6. The normalized spacial score (nSPS) is 17.5. The van der Waals surface area contributed by atoms with Gasteiger partial charge < -0.3 is 19.7 Å². The summed E-state index contributed by atoms with van der Waals surface area (Å²) in [7, 11) is 0. The van der Waals surface area contributed by atoms with E-state index in [-0.39, 0.29) is 12.0 Å². The first-order valence-electron chi connectivity index (χ1n) is 11.1. The van der Waals surface area contributed by atoms with Crippen molar-refractivity contribution in [2.45, 2.75) is 58.1 Å². The van der Waals surface area contributed by atoms with E-state index in [2.05, 4.69) is 10.3 Å². The van der Waals surface area contributed by atoms with Gasteiger partial charge in [-0.1, -0.05) is 6.07 Å². The smallest absolute Gasteiger partial charge is 0.410 e. The lowest BCUT2D eigenvalue weighted by Gasteiger charge is -2.43. The fraction of sp³-hybridized carbons (Fsp3) is 0.500. The van der Waals surface area contributed by atoms with Crippen molar-refractivity contribution in [3.63, 3.8) is 0 Å². The van der Waals surface area contributed by atoms with Gasteiger partial charge in [-0.25, -0.2) is 9.78 Å². The second-order valence-electron chi connectivity index (χ2n) is 9.21. The zero-order chi connectivity index (χ0) is 22.9. The predicted octanol–water partition coefficient (Wildman–Crippen LogP) is 3.44. The van der Waals surface area contributed by atoms with Gasteiger partial charge >= 0.3 is 6.09 Å². The summed E-state index contributed by atoms with van der Waals surface area (Å²) >= 11 is 0. The van der Waals surface area contributed by atoms with Gasteiger partial charge in [0.25, 0.3) is 0 Å². The highest BCUT2D eigenvalue weighted by molar-refractivity contribution is 5.90. The molecule has 4 rings (SSSR count). The Kier molecular flexibility index (Phi) is 5.79. The first-order valence-corrected chi connectivity index (χ1v) is 11.1. The molecule has 2 aromatic heterocycles. The monoisotopic (exact) mass is 438 g/mol. The molecule has 0 radical (unpaired) electrons. The molecule has 1 fully saturated rings. The Morgan fingerprint density at radius 1 is 1.22 bits per heavy atom. The molecule has 0 atom stereocenters. The third kappa shape index (κ3) is 4.13. The Bertz CT molecular complexity index is 1020. The van der Waals surface area contributed by atoms with Crippen LogP contribution in [0.2, 0.25) is 0 Å². The number of carbonyl (C=O) groups excluding carboxylic acids is 2.